The van der Waals surface area contributed by atoms with E-state index in [2.05, 4.69) is 60.8 Å². The molecule has 0 saturated carbocycles. The highest BCUT2D eigenvalue weighted by Crippen LogP contribution is 2.34. The minimum atomic E-state index is 0.316. The number of rotatable bonds is 5. The van der Waals surface area contributed by atoms with Crippen molar-refractivity contribution in [2.75, 3.05) is 57.4 Å². The fourth-order valence-electron chi connectivity index (χ4n) is 4.25. The van der Waals surface area contributed by atoms with Crippen molar-refractivity contribution in [3.05, 3.63) is 45.8 Å². The average molecular weight is 459 g/mol. The highest BCUT2D eigenvalue weighted by atomic mass is 35.5. The molecule has 0 radical (unpaired) electrons. The molecule has 0 atom stereocenters. The molecule has 0 aromatic carbocycles. The maximum atomic E-state index is 6.24. The van der Waals surface area contributed by atoms with Crippen LogP contribution in [0.1, 0.15) is 16.3 Å². The van der Waals surface area contributed by atoms with Crippen LogP contribution in [0.5, 0.6) is 0 Å². The van der Waals surface area contributed by atoms with Gasteiger partial charge in [0, 0.05) is 62.9 Å². The van der Waals surface area contributed by atoms with Gasteiger partial charge >= 0.3 is 0 Å². The molecule has 0 spiro atoms. The Bertz CT molecular complexity index is 1050. The molecule has 2 saturated heterocycles. The number of morpholine rings is 1. The lowest BCUT2D eigenvalue weighted by atomic mass is 10.2. The van der Waals surface area contributed by atoms with Crippen molar-refractivity contribution in [1.29, 1.82) is 0 Å². The van der Waals surface area contributed by atoms with Gasteiger partial charge in [-0.25, -0.2) is 4.98 Å². The van der Waals surface area contributed by atoms with E-state index in [4.69, 9.17) is 16.3 Å². The predicted molar refractivity (Wildman–Crippen MR) is 125 cm³/mol. The van der Waals surface area contributed by atoms with Crippen molar-refractivity contribution in [3.63, 3.8) is 0 Å². The van der Waals surface area contributed by atoms with Crippen LogP contribution >= 0.6 is 22.9 Å². The second-order valence-corrected chi connectivity index (χ2v) is 9.64. The first-order valence-corrected chi connectivity index (χ1v) is 12.0. The Hall–Kier alpha value is -1.84. The third kappa shape index (κ3) is 4.99. The first-order chi connectivity index (χ1) is 15.1. The van der Waals surface area contributed by atoms with Crippen LogP contribution in [0.25, 0.3) is 10.2 Å². The minimum Gasteiger partial charge on any atom is -0.378 e. The largest absolute Gasteiger partial charge is 0.378 e. The number of fused-ring (bicyclic) bond motifs is 1. The zero-order valence-corrected chi connectivity index (χ0v) is 19.3. The zero-order valence-electron chi connectivity index (χ0n) is 17.8. The average Bonchev–Trinajstić information content (AvgIpc) is 3.17. The molecule has 3 aromatic rings. The molecule has 0 unspecified atom stereocenters. The molecular formula is C22H27ClN6OS. The molecule has 5 rings (SSSR count). The zero-order chi connectivity index (χ0) is 21.2. The van der Waals surface area contributed by atoms with Gasteiger partial charge in [0.05, 0.1) is 29.1 Å². The molecule has 0 amide bonds. The van der Waals surface area contributed by atoms with Crippen LogP contribution in [-0.4, -0.2) is 77.2 Å². The number of aromatic nitrogens is 3. The molecule has 5 heterocycles. The van der Waals surface area contributed by atoms with Gasteiger partial charge in [-0.05, 0) is 36.7 Å². The fourth-order valence-corrected chi connectivity index (χ4v) is 5.57. The number of anilines is 1. The van der Waals surface area contributed by atoms with E-state index in [1.807, 2.05) is 0 Å². The maximum Gasteiger partial charge on any atom is 0.224 e. The summed E-state index contributed by atoms with van der Waals surface area (Å²) in [5.74, 6) is 0.949. The molecule has 164 valence electrons. The van der Waals surface area contributed by atoms with E-state index in [0.717, 1.165) is 93.0 Å². The first-order valence-electron chi connectivity index (χ1n) is 10.8. The van der Waals surface area contributed by atoms with Crippen molar-refractivity contribution in [1.82, 2.24) is 24.8 Å². The van der Waals surface area contributed by atoms with E-state index in [1.54, 1.807) is 11.3 Å². The summed E-state index contributed by atoms with van der Waals surface area (Å²) >= 11 is 8.03. The Morgan fingerprint density at radius 3 is 2.45 bits per heavy atom. The summed E-state index contributed by atoms with van der Waals surface area (Å²) in [6.07, 6.45) is 0. The predicted octanol–water partition coefficient (Wildman–Crippen LogP) is 3.20. The van der Waals surface area contributed by atoms with Gasteiger partial charge in [0.25, 0.3) is 0 Å². The van der Waals surface area contributed by atoms with Crippen molar-refractivity contribution in [2.24, 2.45) is 0 Å². The molecule has 2 aliphatic rings. The molecule has 2 fully saturated rings. The number of ether oxygens (including phenoxy) is 1. The van der Waals surface area contributed by atoms with Crippen molar-refractivity contribution >= 4 is 39.0 Å². The Labute approximate surface area is 191 Å². The van der Waals surface area contributed by atoms with Crippen LogP contribution in [0.15, 0.2) is 24.3 Å². The second kappa shape index (κ2) is 9.34. The quantitative estimate of drug-likeness (QED) is 0.544. The molecule has 0 bridgehead atoms. The summed E-state index contributed by atoms with van der Waals surface area (Å²) in [5.41, 5.74) is 3.19. The minimum absolute atomic E-state index is 0.316. The number of nitrogens with zero attached hydrogens (tertiary/aromatic N) is 6. The Morgan fingerprint density at radius 1 is 0.968 bits per heavy atom. The van der Waals surface area contributed by atoms with Crippen LogP contribution < -0.4 is 4.90 Å². The van der Waals surface area contributed by atoms with Gasteiger partial charge in [-0.15, -0.1) is 11.3 Å². The van der Waals surface area contributed by atoms with Gasteiger partial charge < -0.3 is 9.64 Å². The smallest absolute Gasteiger partial charge is 0.224 e. The van der Waals surface area contributed by atoms with Gasteiger partial charge in [-0.2, -0.15) is 4.98 Å². The molecule has 2 aliphatic heterocycles. The third-order valence-electron chi connectivity index (χ3n) is 5.86. The Kier molecular flexibility index (Phi) is 6.34. The van der Waals surface area contributed by atoms with Crippen LogP contribution in [0.2, 0.25) is 5.28 Å². The van der Waals surface area contributed by atoms with Crippen molar-refractivity contribution in [3.8, 4) is 0 Å². The molecule has 31 heavy (non-hydrogen) atoms. The van der Waals surface area contributed by atoms with Crippen LogP contribution in [-0.2, 0) is 17.8 Å². The number of aryl methyl sites for hydroxylation is 1. The number of thiophene rings is 1. The lowest BCUT2D eigenvalue weighted by Gasteiger charge is -2.34. The number of hydrogen-bond acceptors (Lipinski definition) is 8. The summed E-state index contributed by atoms with van der Waals surface area (Å²) < 4.78 is 6.62. The number of halogens is 1. The summed E-state index contributed by atoms with van der Waals surface area (Å²) in [4.78, 5) is 22.3. The topological polar surface area (TPSA) is 57.6 Å². The highest BCUT2D eigenvalue weighted by molar-refractivity contribution is 7.19. The van der Waals surface area contributed by atoms with Gasteiger partial charge in [0.2, 0.25) is 5.28 Å². The summed E-state index contributed by atoms with van der Waals surface area (Å²) in [6, 6.07) is 8.44. The number of piperazine rings is 1. The van der Waals surface area contributed by atoms with Gasteiger partial charge in [0.1, 0.15) is 0 Å². The van der Waals surface area contributed by atoms with Crippen molar-refractivity contribution in [2.45, 2.75) is 20.0 Å². The lowest BCUT2D eigenvalue weighted by molar-refractivity contribution is 0.122. The number of hydrogen-bond donors (Lipinski definition) is 0. The number of pyridine rings is 1. The van der Waals surface area contributed by atoms with E-state index in [9.17, 15) is 0 Å². The van der Waals surface area contributed by atoms with E-state index in [0.29, 0.717) is 5.28 Å². The Morgan fingerprint density at radius 2 is 1.71 bits per heavy atom. The SMILES string of the molecule is Cc1cccc(CN2CCN(Cc3cc4nc(Cl)nc(N5CCOCC5)c4s3)CC2)n1. The monoisotopic (exact) mass is 458 g/mol. The highest BCUT2D eigenvalue weighted by Gasteiger charge is 2.21. The molecule has 3 aromatic heterocycles. The van der Waals surface area contributed by atoms with E-state index >= 15 is 0 Å². The van der Waals surface area contributed by atoms with Crippen LogP contribution in [0.3, 0.4) is 0 Å². The lowest BCUT2D eigenvalue weighted by Crippen LogP contribution is -2.45. The standard InChI is InChI=1S/C22H27ClN6OS/c1-16-3-2-4-17(24-16)14-27-5-7-28(8-6-27)15-18-13-19-20(31-18)21(26-22(23)25-19)29-9-11-30-12-10-29/h2-4,13H,5-12,14-15H2,1H3. The van der Waals surface area contributed by atoms with Gasteiger partial charge in [0.15, 0.2) is 5.82 Å². The van der Waals surface area contributed by atoms with Crippen molar-refractivity contribution < 1.29 is 4.74 Å². The van der Waals surface area contributed by atoms with Crippen LogP contribution in [0.4, 0.5) is 5.82 Å². The fraction of sp³-hybridized carbons (Fsp3) is 0.500. The first kappa shape index (κ1) is 21.0. The summed E-state index contributed by atoms with van der Waals surface area (Å²) in [6.45, 7) is 11.3. The maximum absolute atomic E-state index is 6.24. The molecule has 0 N–H and O–H groups in total. The second-order valence-electron chi connectivity index (χ2n) is 8.17. The molecule has 9 heteroatoms. The third-order valence-corrected chi connectivity index (χ3v) is 7.14. The van der Waals surface area contributed by atoms with Crippen LogP contribution in [0, 0.1) is 6.92 Å². The molecule has 0 aliphatic carbocycles. The summed E-state index contributed by atoms with van der Waals surface area (Å²) in [5, 5.41) is 0.316. The van der Waals surface area contributed by atoms with Gasteiger partial charge in [-0.1, -0.05) is 6.07 Å². The Balaban J connectivity index is 1.24. The van der Waals surface area contributed by atoms with E-state index < -0.39 is 0 Å². The molecular weight excluding hydrogens is 432 g/mol. The van der Waals surface area contributed by atoms with Gasteiger partial charge in [-0.3, -0.25) is 14.8 Å². The summed E-state index contributed by atoms with van der Waals surface area (Å²) in [7, 11) is 0. The molecule has 7 nitrogen and oxygen atoms in total. The normalized spacial score (nSPS) is 18.7. The van der Waals surface area contributed by atoms with E-state index in [1.165, 1.54) is 4.88 Å². The van der Waals surface area contributed by atoms with E-state index in [-0.39, 0.29) is 0 Å².